The topological polar surface area (TPSA) is 114 Å². The standard InChI is InChI=1S/C27H28F3N5O5/c1-15-12-18(10-11-35(15)22-9-8-17(13-31-22)25-32-26(36)40-34-25)37-14-20-23(33-39-24(20)16-6-7-16)19-4-2-3-5-21(19)38-27(28,29)30/h2-5,8-9,13,15-16,18,26,36H,6-7,10-12,14H2,1H3,(H,32,34)/t15-,18-,26?/m1/s1. The molecule has 2 aromatic heterocycles. The third-order valence-corrected chi connectivity index (χ3v) is 7.24. The summed E-state index contributed by atoms with van der Waals surface area (Å²) in [5.74, 6) is 1.77. The van der Waals surface area contributed by atoms with E-state index in [1.165, 1.54) is 12.1 Å². The Balaban J connectivity index is 1.13. The van der Waals surface area contributed by atoms with Crippen LogP contribution in [-0.4, -0.2) is 52.5 Å². The van der Waals surface area contributed by atoms with Crippen molar-refractivity contribution in [1.82, 2.24) is 15.6 Å². The third-order valence-electron chi connectivity index (χ3n) is 7.24. The van der Waals surface area contributed by atoms with E-state index in [-0.39, 0.29) is 36.0 Å². The summed E-state index contributed by atoms with van der Waals surface area (Å²) in [6.07, 6.45) is -1.07. The molecule has 0 bridgehead atoms. The molecule has 2 fully saturated rings. The highest BCUT2D eigenvalue weighted by Gasteiger charge is 2.36. The lowest BCUT2D eigenvalue weighted by Crippen LogP contribution is -2.44. The van der Waals surface area contributed by atoms with Crippen LogP contribution in [0.5, 0.6) is 5.75 Å². The van der Waals surface area contributed by atoms with E-state index in [0.717, 1.165) is 31.5 Å². The van der Waals surface area contributed by atoms with Crippen molar-refractivity contribution in [2.75, 3.05) is 11.4 Å². The van der Waals surface area contributed by atoms with Crippen LogP contribution in [-0.2, 0) is 16.2 Å². The second-order valence-electron chi connectivity index (χ2n) is 10.1. The van der Waals surface area contributed by atoms with Gasteiger partial charge in [0.15, 0.2) is 5.84 Å². The van der Waals surface area contributed by atoms with Gasteiger partial charge in [-0.2, -0.15) is 0 Å². The summed E-state index contributed by atoms with van der Waals surface area (Å²) in [7, 11) is 0. The Labute approximate surface area is 227 Å². The molecule has 3 atom stereocenters. The molecular weight excluding hydrogens is 531 g/mol. The second-order valence-corrected chi connectivity index (χ2v) is 10.1. The number of aliphatic imine (C=N–C) groups is 1. The van der Waals surface area contributed by atoms with E-state index in [1.807, 2.05) is 12.1 Å². The number of pyridine rings is 1. The van der Waals surface area contributed by atoms with Crippen LogP contribution in [0.4, 0.5) is 19.0 Å². The number of ether oxygens (including phenoxy) is 2. The van der Waals surface area contributed by atoms with Crippen molar-refractivity contribution in [2.45, 2.75) is 70.1 Å². The lowest BCUT2D eigenvalue weighted by molar-refractivity contribution is -0.274. The maximum atomic E-state index is 13.0. The van der Waals surface area contributed by atoms with Gasteiger partial charge in [0.05, 0.1) is 12.7 Å². The summed E-state index contributed by atoms with van der Waals surface area (Å²) in [6, 6.07) is 9.83. The quantitative estimate of drug-likeness (QED) is 0.407. The highest BCUT2D eigenvalue weighted by Crippen LogP contribution is 2.46. The lowest BCUT2D eigenvalue weighted by Gasteiger charge is -2.38. The first-order valence-electron chi connectivity index (χ1n) is 13.1. The van der Waals surface area contributed by atoms with Gasteiger partial charge in [-0.3, -0.25) is 0 Å². The van der Waals surface area contributed by atoms with Gasteiger partial charge in [-0.25, -0.2) is 20.3 Å². The van der Waals surface area contributed by atoms with E-state index in [1.54, 1.807) is 18.3 Å². The number of aromatic nitrogens is 2. The van der Waals surface area contributed by atoms with Crippen molar-refractivity contribution in [2.24, 2.45) is 4.99 Å². The van der Waals surface area contributed by atoms with E-state index in [2.05, 4.69) is 37.2 Å². The smallest absolute Gasteiger partial charge is 0.405 e. The number of aliphatic hydroxyl groups excluding tert-OH is 1. The zero-order chi connectivity index (χ0) is 27.9. The molecule has 2 N–H and O–H groups in total. The zero-order valence-corrected chi connectivity index (χ0v) is 21.6. The zero-order valence-electron chi connectivity index (χ0n) is 21.6. The molecule has 0 amide bonds. The fourth-order valence-electron chi connectivity index (χ4n) is 5.14. The molecule has 212 valence electrons. The maximum Gasteiger partial charge on any atom is 0.573 e. The molecule has 1 unspecified atom stereocenters. The van der Waals surface area contributed by atoms with Crippen molar-refractivity contribution in [3.63, 3.8) is 0 Å². The van der Waals surface area contributed by atoms with Gasteiger partial charge in [-0.15, -0.1) is 13.2 Å². The van der Waals surface area contributed by atoms with Crippen LogP contribution in [0.15, 0.2) is 52.1 Å². The fraction of sp³-hybridized carbons (Fsp3) is 0.444. The summed E-state index contributed by atoms with van der Waals surface area (Å²) < 4.78 is 55.4. The SMILES string of the molecule is C[C@@H]1C[C@H](OCc2c(-c3ccccc3OC(F)(F)F)noc2C2CC2)CCN1c1ccc(C2=NC(O)ON2)cn1. The first-order chi connectivity index (χ1) is 19.2. The Morgan fingerprint density at radius 2 is 1.98 bits per heavy atom. The average Bonchev–Trinajstić information content (AvgIpc) is 3.54. The molecule has 0 spiro atoms. The fourth-order valence-corrected chi connectivity index (χ4v) is 5.14. The summed E-state index contributed by atoms with van der Waals surface area (Å²) >= 11 is 0. The number of benzene rings is 1. The molecule has 6 rings (SSSR count). The Morgan fingerprint density at radius 1 is 1.15 bits per heavy atom. The van der Waals surface area contributed by atoms with Gasteiger partial charge in [-0.05, 0) is 56.9 Å². The number of para-hydroxylation sites is 1. The number of nitrogens with one attached hydrogen (secondary N) is 1. The summed E-state index contributed by atoms with van der Waals surface area (Å²) in [4.78, 5) is 15.5. The van der Waals surface area contributed by atoms with Gasteiger partial charge in [0.25, 0.3) is 6.41 Å². The normalized spacial score (nSPS) is 23.2. The Kier molecular flexibility index (Phi) is 7.11. The van der Waals surface area contributed by atoms with Crippen LogP contribution in [0.2, 0.25) is 0 Å². The molecule has 4 heterocycles. The Bertz CT molecular complexity index is 1380. The number of amidine groups is 1. The first kappa shape index (κ1) is 26.5. The molecule has 2 aliphatic heterocycles. The predicted octanol–water partition coefficient (Wildman–Crippen LogP) is 4.64. The largest absolute Gasteiger partial charge is 0.573 e. The molecule has 13 heteroatoms. The van der Waals surface area contributed by atoms with Crippen LogP contribution in [0, 0.1) is 0 Å². The number of aliphatic hydroxyl groups is 1. The van der Waals surface area contributed by atoms with Crippen molar-refractivity contribution < 1.29 is 37.1 Å². The number of rotatable bonds is 8. The minimum Gasteiger partial charge on any atom is -0.405 e. The van der Waals surface area contributed by atoms with E-state index in [9.17, 15) is 18.3 Å². The highest BCUT2D eigenvalue weighted by atomic mass is 19.4. The van der Waals surface area contributed by atoms with E-state index in [0.29, 0.717) is 35.0 Å². The minimum absolute atomic E-state index is 0.0577. The third kappa shape index (κ3) is 5.76. The number of anilines is 1. The summed E-state index contributed by atoms with van der Waals surface area (Å²) in [6.45, 7) is 2.99. The van der Waals surface area contributed by atoms with Crippen molar-refractivity contribution in [3.8, 4) is 17.0 Å². The molecule has 3 aliphatic rings. The van der Waals surface area contributed by atoms with Gasteiger partial charge < -0.3 is 24.0 Å². The van der Waals surface area contributed by atoms with Gasteiger partial charge >= 0.3 is 6.36 Å². The van der Waals surface area contributed by atoms with Crippen molar-refractivity contribution >= 4 is 11.7 Å². The number of hydrogen-bond donors (Lipinski definition) is 2. The second kappa shape index (κ2) is 10.7. The molecule has 1 aliphatic carbocycles. The monoisotopic (exact) mass is 559 g/mol. The van der Waals surface area contributed by atoms with Crippen LogP contribution in [0.1, 0.15) is 55.4 Å². The molecule has 40 heavy (non-hydrogen) atoms. The summed E-state index contributed by atoms with van der Waals surface area (Å²) in [5.41, 5.74) is 4.47. The Morgan fingerprint density at radius 3 is 2.65 bits per heavy atom. The first-order valence-corrected chi connectivity index (χ1v) is 13.1. The van der Waals surface area contributed by atoms with Crippen LogP contribution in [0.3, 0.4) is 0 Å². The van der Waals surface area contributed by atoms with E-state index < -0.39 is 12.8 Å². The number of nitrogens with zero attached hydrogens (tertiary/aromatic N) is 4. The molecule has 1 saturated carbocycles. The van der Waals surface area contributed by atoms with Crippen LogP contribution < -0.4 is 15.1 Å². The van der Waals surface area contributed by atoms with Gasteiger partial charge in [0, 0.05) is 41.4 Å². The van der Waals surface area contributed by atoms with Gasteiger partial charge in [0.2, 0.25) is 0 Å². The van der Waals surface area contributed by atoms with Gasteiger partial charge in [0.1, 0.15) is 23.0 Å². The molecule has 1 aromatic carbocycles. The highest BCUT2D eigenvalue weighted by molar-refractivity contribution is 5.98. The molecule has 0 radical (unpaired) electrons. The van der Waals surface area contributed by atoms with Crippen LogP contribution >= 0.6 is 0 Å². The molecular formula is C27H28F3N5O5. The number of hydrogen-bond acceptors (Lipinski definition) is 10. The number of halogens is 3. The van der Waals surface area contributed by atoms with Crippen molar-refractivity contribution in [1.29, 1.82) is 0 Å². The Hall–Kier alpha value is -3.68. The predicted molar refractivity (Wildman–Crippen MR) is 136 cm³/mol. The maximum absolute atomic E-state index is 13.0. The van der Waals surface area contributed by atoms with E-state index >= 15 is 0 Å². The number of hydroxylamine groups is 1. The number of piperidine rings is 1. The average molecular weight is 560 g/mol. The molecule has 3 aromatic rings. The van der Waals surface area contributed by atoms with Gasteiger partial charge in [-0.1, -0.05) is 17.3 Å². The minimum atomic E-state index is -4.83. The summed E-state index contributed by atoms with van der Waals surface area (Å²) in [5, 5.41) is 13.5. The van der Waals surface area contributed by atoms with Crippen LogP contribution in [0.25, 0.3) is 11.3 Å². The number of alkyl halides is 3. The van der Waals surface area contributed by atoms with Crippen molar-refractivity contribution in [3.05, 3.63) is 59.5 Å². The molecule has 10 nitrogen and oxygen atoms in total. The lowest BCUT2D eigenvalue weighted by atomic mass is 10.00. The molecule has 1 saturated heterocycles. The van der Waals surface area contributed by atoms with E-state index in [4.69, 9.17) is 14.1 Å².